The third kappa shape index (κ3) is 9.93. The van der Waals surface area contributed by atoms with Crippen LogP contribution >= 0.6 is 11.8 Å². The summed E-state index contributed by atoms with van der Waals surface area (Å²) in [6.45, 7) is 7.16. The van der Waals surface area contributed by atoms with Crippen LogP contribution in [0.2, 0.25) is 0 Å². The van der Waals surface area contributed by atoms with Gasteiger partial charge in [-0.05, 0) is 56.0 Å². The molecule has 3 heterocycles. The van der Waals surface area contributed by atoms with E-state index in [2.05, 4.69) is 36.9 Å². The number of carbonyl (C=O) groups excluding carboxylic acids is 6. The van der Waals surface area contributed by atoms with Gasteiger partial charge in [-0.3, -0.25) is 28.9 Å². The zero-order valence-corrected chi connectivity index (χ0v) is 31.6. The highest BCUT2D eigenvalue weighted by Gasteiger charge is 2.35. The van der Waals surface area contributed by atoms with E-state index in [0.717, 1.165) is 11.8 Å². The van der Waals surface area contributed by atoms with Gasteiger partial charge in [0.15, 0.2) is 0 Å². The number of fused-ring (bicyclic) bond motifs is 3. The van der Waals surface area contributed by atoms with Crippen molar-refractivity contribution >= 4 is 69.9 Å². The molecule has 5 rings (SSSR count). The molecule has 2 aliphatic rings. The molecule has 0 bridgehead atoms. The topological polar surface area (TPSA) is 251 Å². The van der Waals surface area contributed by atoms with Crippen LogP contribution in [0.15, 0.2) is 53.6 Å². The number of aliphatic carboxylic acids is 1. The summed E-state index contributed by atoms with van der Waals surface area (Å²) in [4.78, 5) is 97.8. The lowest BCUT2D eigenvalue weighted by molar-refractivity contribution is -0.142. The Morgan fingerprint density at radius 2 is 1.67 bits per heavy atom. The Bertz CT molecular complexity index is 1970. The van der Waals surface area contributed by atoms with Crippen molar-refractivity contribution in [3.63, 3.8) is 0 Å². The number of aliphatic hydroxyl groups excluding tert-OH is 1. The van der Waals surface area contributed by atoms with Crippen LogP contribution in [0.3, 0.4) is 0 Å². The number of para-hydroxylation sites is 1. The molecule has 0 unspecified atom stereocenters. The molecule has 1 aromatic heterocycles. The molecular weight excluding hydrogens is 733 g/mol. The van der Waals surface area contributed by atoms with Crippen LogP contribution in [0.1, 0.15) is 50.0 Å². The van der Waals surface area contributed by atoms with E-state index in [9.17, 15) is 43.8 Å². The molecule has 7 amide bonds. The maximum Gasteiger partial charge on any atom is 0.327 e. The van der Waals surface area contributed by atoms with Gasteiger partial charge >= 0.3 is 12.0 Å². The third-order valence-corrected chi connectivity index (χ3v) is 10.4. The predicted octanol–water partition coefficient (Wildman–Crippen LogP) is 0.615. The van der Waals surface area contributed by atoms with E-state index in [-0.39, 0.29) is 36.1 Å². The Morgan fingerprint density at radius 1 is 0.927 bits per heavy atom. The number of aromatic amines is 1. The molecular formula is C37H46N8O9S. The zero-order valence-electron chi connectivity index (χ0n) is 30.8. The fourth-order valence-electron chi connectivity index (χ4n) is 6.33. The Labute approximate surface area is 321 Å². The Hall–Kier alpha value is -5.62. The molecule has 1 saturated heterocycles. The van der Waals surface area contributed by atoms with Gasteiger partial charge in [0.25, 0.3) is 5.91 Å². The number of hydrogen-bond acceptors (Lipinski definition) is 9. The second-order valence-electron chi connectivity index (χ2n) is 14.0. The van der Waals surface area contributed by atoms with Crippen molar-refractivity contribution in [2.45, 2.75) is 81.9 Å². The first-order valence-corrected chi connectivity index (χ1v) is 18.9. The molecule has 9 N–H and O–H groups in total. The molecule has 0 radical (unpaired) electrons. The summed E-state index contributed by atoms with van der Waals surface area (Å²) in [5.74, 6) is -5.51. The van der Waals surface area contributed by atoms with Crippen LogP contribution in [0, 0.1) is 5.92 Å². The number of aliphatic hydroxyl groups is 1. The fourth-order valence-corrected chi connectivity index (χ4v) is 7.44. The summed E-state index contributed by atoms with van der Waals surface area (Å²) in [7, 11) is 0. The van der Waals surface area contributed by atoms with Gasteiger partial charge in [-0.2, -0.15) is 0 Å². The minimum atomic E-state index is -1.55. The van der Waals surface area contributed by atoms with Gasteiger partial charge in [0, 0.05) is 47.4 Å². The lowest BCUT2D eigenvalue weighted by Gasteiger charge is -2.27. The van der Waals surface area contributed by atoms with E-state index < -0.39 is 71.8 Å². The standard InChI is InChI=1S/C37H46N8O9S/c1-18(2)14-26-32(49)39-19(3)30(47)44-29(20(4)46)34(51)42-28(36(52)53)17-55-35-24(23-10-5-6-11-25(23)43-35)16-27(33(50)41-26)40-31(48)21-8-7-9-22(15-21)45-13-12-38-37(45)54/h5-11,15,18-20,26-29,43,46H,12-14,16-17H2,1-4H3,(H,38,54)(H,39,49)(H,40,48)(H,41,50)(H,42,51)(H,44,47)(H,52,53)/t19-,20-,26+,27+,28+,29+/m1/s1. The minimum absolute atomic E-state index is 0.0984. The van der Waals surface area contributed by atoms with Gasteiger partial charge in [-0.1, -0.05) is 38.1 Å². The highest BCUT2D eigenvalue weighted by Crippen LogP contribution is 2.32. The Kier molecular flexibility index (Phi) is 13.0. The third-order valence-electron chi connectivity index (χ3n) is 9.25. The van der Waals surface area contributed by atoms with Crippen LogP contribution in [-0.4, -0.2) is 112 Å². The SMILES string of the molecule is CC(C)C[C@@H]1NC(=O)[C@@H](NC(=O)c2cccc(N3CCNC3=O)c2)Cc2c([nH]c3ccccc23)SC[C@@H](C(=O)O)NC(=O)[C@H]([C@@H](C)O)NC(=O)[C@@H](C)NC1=O. The number of rotatable bonds is 7. The number of benzene rings is 2. The van der Waals surface area contributed by atoms with Crippen molar-refractivity contribution in [3.05, 3.63) is 59.7 Å². The van der Waals surface area contributed by atoms with Gasteiger partial charge in [-0.15, -0.1) is 11.8 Å². The summed E-state index contributed by atoms with van der Waals surface area (Å²) in [5, 5.41) is 37.2. The van der Waals surface area contributed by atoms with Crippen molar-refractivity contribution in [1.29, 1.82) is 0 Å². The fraction of sp³-hybridized carbons (Fsp3) is 0.432. The number of thioether (sulfide) groups is 1. The molecule has 18 heteroatoms. The van der Waals surface area contributed by atoms with Crippen LogP contribution in [0.5, 0.6) is 0 Å². The highest BCUT2D eigenvalue weighted by atomic mass is 32.2. The Morgan fingerprint density at radius 3 is 2.35 bits per heavy atom. The summed E-state index contributed by atoms with van der Waals surface area (Å²) < 4.78 is 0. The average molecular weight is 779 g/mol. The highest BCUT2D eigenvalue weighted by molar-refractivity contribution is 7.99. The number of nitrogens with zero attached hydrogens (tertiary/aromatic N) is 1. The van der Waals surface area contributed by atoms with E-state index in [1.807, 2.05) is 13.8 Å². The number of carboxylic acids is 1. The molecule has 0 aliphatic carbocycles. The first-order valence-electron chi connectivity index (χ1n) is 17.9. The molecule has 55 heavy (non-hydrogen) atoms. The molecule has 17 nitrogen and oxygen atoms in total. The summed E-state index contributed by atoms with van der Waals surface area (Å²) >= 11 is 1.06. The van der Waals surface area contributed by atoms with E-state index in [1.54, 1.807) is 42.5 Å². The number of hydrogen-bond donors (Lipinski definition) is 9. The number of carbonyl (C=O) groups is 7. The number of amides is 7. The van der Waals surface area contributed by atoms with Gasteiger partial charge in [-0.25, -0.2) is 9.59 Å². The smallest absolute Gasteiger partial charge is 0.327 e. The molecule has 2 aromatic carbocycles. The zero-order chi connectivity index (χ0) is 40.0. The summed E-state index contributed by atoms with van der Waals surface area (Å²) in [5.41, 5.74) is 1.88. The monoisotopic (exact) mass is 778 g/mol. The van der Waals surface area contributed by atoms with E-state index in [1.165, 1.54) is 24.8 Å². The van der Waals surface area contributed by atoms with Crippen LogP contribution < -0.4 is 36.8 Å². The second-order valence-corrected chi connectivity index (χ2v) is 15.0. The molecule has 0 saturated carbocycles. The minimum Gasteiger partial charge on any atom is -0.480 e. The van der Waals surface area contributed by atoms with Crippen LogP contribution in [0.4, 0.5) is 10.5 Å². The molecule has 2 aliphatic heterocycles. The molecule has 3 aromatic rings. The number of carboxylic acid groups (broad SMARTS) is 1. The lowest BCUT2D eigenvalue weighted by atomic mass is 10.00. The molecule has 294 valence electrons. The number of nitrogens with one attached hydrogen (secondary N) is 7. The predicted molar refractivity (Wildman–Crippen MR) is 203 cm³/mol. The number of anilines is 1. The van der Waals surface area contributed by atoms with Crippen molar-refractivity contribution in [3.8, 4) is 0 Å². The van der Waals surface area contributed by atoms with Crippen molar-refractivity contribution < 1.29 is 43.8 Å². The van der Waals surface area contributed by atoms with Gasteiger partial charge in [0.05, 0.1) is 11.1 Å². The molecule has 1 fully saturated rings. The van der Waals surface area contributed by atoms with Crippen LogP contribution in [0.25, 0.3) is 10.9 Å². The van der Waals surface area contributed by atoms with Gasteiger partial charge in [0.2, 0.25) is 23.6 Å². The van der Waals surface area contributed by atoms with Gasteiger partial charge in [0.1, 0.15) is 30.2 Å². The Balaban J connectivity index is 1.56. The first-order chi connectivity index (χ1) is 26.1. The first kappa shape index (κ1) is 40.6. The molecule has 0 spiro atoms. The number of H-pyrrole nitrogens is 1. The number of urea groups is 1. The van der Waals surface area contributed by atoms with E-state index in [0.29, 0.717) is 40.3 Å². The number of aromatic nitrogens is 1. The maximum atomic E-state index is 14.3. The average Bonchev–Trinajstić information content (AvgIpc) is 3.73. The van der Waals surface area contributed by atoms with E-state index in [4.69, 9.17) is 0 Å². The van der Waals surface area contributed by atoms with Gasteiger partial charge < -0.3 is 47.1 Å². The van der Waals surface area contributed by atoms with E-state index >= 15 is 0 Å². The van der Waals surface area contributed by atoms with Crippen LogP contribution in [-0.2, 0) is 30.4 Å². The maximum absolute atomic E-state index is 14.3. The second kappa shape index (κ2) is 17.7. The summed E-state index contributed by atoms with van der Waals surface area (Å²) in [6.07, 6.45) is -1.38. The van der Waals surface area contributed by atoms with Crippen molar-refractivity contribution in [2.75, 3.05) is 23.7 Å². The summed E-state index contributed by atoms with van der Waals surface area (Å²) in [6, 6.07) is 6.55. The van der Waals surface area contributed by atoms with Crippen molar-refractivity contribution in [2.24, 2.45) is 5.92 Å². The van der Waals surface area contributed by atoms with Crippen molar-refractivity contribution in [1.82, 2.24) is 36.9 Å². The normalized spacial score (nSPS) is 23.7. The molecule has 6 atom stereocenters. The lowest BCUT2D eigenvalue weighted by Crippen LogP contribution is -2.60. The quantitative estimate of drug-likeness (QED) is 0.162. The largest absolute Gasteiger partial charge is 0.480 e.